The highest BCUT2D eigenvalue weighted by Gasteiger charge is 2.52. The minimum absolute atomic E-state index is 0.0356. The molecule has 0 N–H and O–H groups in total. The maximum absolute atomic E-state index is 13.8. The van der Waals surface area contributed by atoms with Crippen molar-refractivity contribution >= 4 is 54.8 Å². The first-order chi connectivity index (χ1) is 22.7. The Kier molecular flexibility index (Phi) is 10.4. The Labute approximate surface area is 290 Å². The van der Waals surface area contributed by atoms with Crippen molar-refractivity contribution in [3.05, 3.63) is 127 Å². The van der Waals surface area contributed by atoms with Gasteiger partial charge in [-0.15, -0.1) is 0 Å². The molecule has 6 rings (SSSR count). The molecule has 1 aliphatic carbocycles. The number of rotatable bonds is 7. The Morgan fingerprint density at radius 2 is 1.69 bits per heavy atom. The van der Waals surface area contributed by atoms with Gasteiger partial charge in [-0.3, -0.25) is 19.6 Å². The van der Waals surface area contributed by atoms with Crippen molar-refractivity contribution in [1.82, 2.24) is 14.9 Å². The van der Waals surface area contributed by atoms with E-state index in [2.05, 4.69) is 41.8 Å². The highest BCUT2D eigenvalue weighted by molar-refractivity contribution is 9.10. The lowest BCUT2D eigenvalue weighted by Gasteiger charge is -2.24. The lowest BCUT2D eigenvalue weighted by molar-refractivity contribution is -0.153. The zero-order valence-electron chi connectivity index (χ0n) is 26.0. The van der Waals surface area contributed by atoms with Gasteiger partial charge in [0.25, 0.3) is 5.91 Å². The molecular weight excluding hydrogens is 762 g/mol. The molecule has 48 heavy (non-hydrogen) atoms. The number of methoxy groups -OCH3 is 1. The summed E-state index contributed by atoms with van der Waals surface area (Å²) in [5.74, 6) is -2.05. The minimum Gasteiger partial charge on any atom is -0.468 e. The zero-order valence-corrected chi connectivity index (χ0v) is 29.2. The Morgan fingerprint density at radius 1 is 0.979 bits per heavy atom. The molecule has 0 spiro atoms. The van der Waals surface area contributed by atoms with Crippen LogP contribution in [0.1, 0.15) is 57.1 Å². The van der Waals surface area contributed by atoms with Crippen molar-refractivity contribution in [1.29, 1.82) is 0 Å². The number of alkyl halides is 3. The van der Waals surface area contributed by atoms with Crippen LogP contribution >= 0.6 is 31.9 Å². The van der Waals surface area contributed by atoms with Crippen LogP contribution in [-0.2, 0) is 34.2 Å². The third kappa shape index (κ3) is 7.78. The number of fused-ring (bicyclic) bond motifs is 1. The predicted molar refractivity (Wildman–Crippen MR) is 177 cm³/mol. The van der Waals surface area contributed by atoms with Gasteiger partial charge in [-0.25, -0.2) is 4.39 Å². The normalized spacial score (nSPS) is 13.4. The molecule has 2 aromatic carbocycles. The van der Waals surface area contributed by atoms with Crippen LogP contribution in [0.3, 0.4) is 0 Å². The largest absolute Gasteiger partial charge is 0.468 e. The molecule has 1 aliphatic rings. The van der Waals surface area contributed by atoms with Crippen molar-refractivity contribution in [3.63, 3.8) is 0 Å². The minimum atomic E-state index is -4.60. The molecule has 1 amide bonds. The number of carbonyl (C=O) groups excluding carboxylic acids is 2. The van der Waals surface area contributed by atoms with Gasteiger partial charge in [0.1, 0.15) is 17.1 Å². The Balaban J connectivity index is 0.000000250. The van der Waals surface area contributed by atoms with Crippen molar-refractivity contribution < 1.29 is 36.3 Å². The number of benzene rings is 2. The number of ether oxygens (including phenoxy) is 1. The number of aromatic nitrogens is 2. The van der Waals surface area contributed by atoms with E-state index in [9.17, 15) is 27.2 Å². The molecule has 250 valence electrons. The maximum Gasteiger partial charge on any atom is 0.449 e. The monoisotopic (exact) mass is 789 g/mol. The van der Waals surface area contributed by atoms with Crippen LogP contribution in [0, 0.1) is 19.7 Å². The third-order valence-corrected chi connectivity index (χ3v) is 9.03. The summed E-state index contributed by atoms with van der Waals surface area (Å²) in [4.78, 5) is 35.7. The molecule has 3 aromatic heterocycles. The third-order valence-electron chi connectivity index (χ3n) is 8.05. The molecule has 1 fully saturated rings. The first-order valence-corrected chi connectivity index (χ1v) is 16.3. The van der Waals surface area contributed by atoms with Gasteiger partial charge in [0, 0.05) is 27.4 Å². The van der Waals surface area contributed by atoms with Crippen molar-refractivity contribution in [2.24, 2.45) is 0 Å². The number of hydrogen-bond donors (Lipinski definition) is 0. The van der Waals surface area contributed by atoms with Crippen LogP contribution in [0.15, 0.2) is 86.3 Å². The summed E-state index contributed by atoms with van der Waals surface area (Å²) in [6, 6.07) is 17.5. The summed E-state index contributed by atoms with van der Waals surface area (Å²) in [5, 5.41) is 0. The molecule has 0 radical (unpaired) electrons. The predicted octanol–water partition coefficient (Wildman–Crippen LogP) is 9.26. The summed E-state index contributed by atoms with van der Waals surface area (Å²) in [5.41, 5.74) is 3.65. The molecule has 1 saturated carbocycles. The van der Waals surface area contributed by atoms with E-state index in [-0.39, 0.29) is 36.5 Å². The van der Waals surface area contributed by atoms with E-state index in [0.29, 0.717) is 37.9 Å². The number of amides is 1. The Morgan fingerprint density at radius 3 is 2.29 bits per heavy atom. The smallest absolute Gasteiger partial charge is 0.449 e. The van der Waals surface area contributed by atoms with Crippen LogP contribution < -0.4 is 0 Å². The van der Waals surface area contributed by atoms with Crippen LogP contribution in [-0.4, -0.2) is 33.9 Å². The van der Waals surface area contributed by atoms with Gasteiger partial charge in [0.2, 0.25) is 5.76 Å². The van der Waals surface area contributed by atoms with E-state index in [1.807, 2.05) is 24.3 Å². The van der Waals surface area contributed by atoms with Crippen molar-refractivity contribution in [2.45, 2.75) is 51.4 Å². The molecule has 7 nitrogen and oxygen atoms in total. The molecule has 0 unspecified atom stereocenters. The van der Waals surface area contributed by atoms with Crippen LogP contribution in [0.4, 0.5) is 17.6 Å². The molecule has 0 saturated heterocycles. The van der Waals surface area contributed by atoms with Gasteiger partial charge >= 0.3 is 12.1 Å². The molecular formula is C35H29Br2F4N3O4. The number of esters is 1. The van der Waals surface area contributed by atoms with Gasteiger partial charge in [-0.05, 0) is 98.0 Å². The second-order valence-electron chi connectivity index (χ2n) is 11.4. The molecule has 5 aromatic rings. The van der Waals surface area contributed by atoms with Crippen LogP contribution in [0.2, 0.25) is 0 Å². The highest BCUT2D eigenvalue weighted by Crippen LogP contribution is 2.49. The van der Waals surface area contributed by atoms with E-state index in [1.165, 1.54) is 30.2 Å². The van der Waals surface area contributed by atoms with E-state index in [0.717, 1.165) is 28.9 Å². The molecule has 0 bridgehead atoms. The SMILES string of the molecule is COC(=O)C1(c2cc(F)cc(Br)c2)CC1.Cc1nc2cccnc2c(C(=O)N(Cc2ccc(Br)cc2)Cc2ccc(C(F)(F)F)o2)c1C. The summed E-state index contributed by atoms with van der Waals surface area (Å²) in [7, 11) is 1.36. The fraction of sp³-hybridized carbons (Fsp3) is 0.257. The van der Waals surface area contributed by atoms with Crippen LogP contribution in [0.5, 0.6) is 0 Å². The average molecular weight is 791 g/mol. The molecule has 0 atom stereocenters. The first-order valence-electron chi connectivity index (χ1n) is 14.7. The quantitative estimate of drug-likeness (QED) is 0.121. The summed E-state index contributed by atoms with van der Waals surface area (Å²) in [6.07, 6.45) is -1.56. The topological polar surface area (TPSA) is 85.5 Å². The van der Waals surface area contributed by atoms with Gasteiger partial charge in [0.15, 0.2) is 0 Å². The average Bonchev–Trinajstić information content (AvgIpc) is 3.72. The number of furan rings is 1. The number of halogens is 6. The van der Waals surface area contributed by atoms with E-state index in [1.54, 1.807) is 38.2 Å². The second-order valence-corrected chi connectivity index (χ2v) is 13.2. The van der Waals surface area contributed by atoms with E-state index in [4.69, 9.17) is 9.15 Å². The van der Waals surface area contributed by atoms with Gasteiger partial charge in [0.05, 0.1) is 30.1 Å². The molecule has 13 heteroatoms. The lowest BCUT2D eigenvalue weighted by Crippen LogP contribution is -2.31. The number of carbonyl (C=O) groups is 2. The van der Waals surface area contributed by atoms with E-state index >= 15 is 0 Å². The lowest BCUT2D eigenvalue weighted by atomic mass is 9.96. The standard InChI is InChI=1S/C24H19BrF3N3O2.C11H10BrFO2/c1-14-15(2)30-19-4-3-11-29-22(19)21(14)23(32)31(12-16-5-7-17(25)8-6-16)13-18-9-10-20(33-18)24(26,27)28;1-15-10(14)11(2-3-11)7-4-8(12)6-9(13)5-7/h3-11H,12-13H2,1-2H3;4-6H,2-3H2,1H3. The number of aryl methyl sites for hydroxylation is 1. The van der Waals surface area contributed by atoms with Gasteiger partial charge in [-0.2, -0.15) is 13.2 Å². The number of nitrogens with zero attached hydrogens (tertiary/aromatic N) is 3. The van der Waals surface area contributed by atoms with Gasteiger partial charge < -0.3 is 14.1 Å². The molecule has 3 heterocycles. The summed E-state index contributed by atoms with van der Waals surface area (Å²) in [6.45, 7) is 3.62. The van der Waals surface area contributed by atoms with Crippen molar-refractivity contribution in [2.75, 3.05) is 7.11 Å². The molecule has 0 aliphatic heterocycles. The fourth-order valence-electron chi connectivity index (χ4n) is 5.30. The number of pyridine rings is 2. The van der Waals surface area contributed by atoms with Crippen molar-refractivity contribution in [3.8, 4) is 0 Å². The van der Waals surface area contributed by atoms with Gasteiger partial charge in [-0.1, -0.05) is 44.0 Å². The highest BCUT2D eigenvalue weighted by atomic mass is 79.9. The summed E-state index contributed by atoms with van der Waals surface area (Å²) >= 11 is 6.59. The zero-order chi connectivity index (χ0) is 34.8. The second kappa shape index (κ2) is 14.2. The van der Waals surface area contributed by atoms with Crippen LogP contribution in [0.25, 0.3) is 11.0 Å². The summed E-state index contributed by atoms with van der Waals surface area (Å²) < 4.78 is 63.5. The first kappa shape index (κ1) is 35.2. The maximum atomic E-state index is 13.8. The van der Waals surface area contributed by atoms with E-state index < -0.39 is 17.4 Å². The Bertz CT molecular complexity index is 1960. The Hall–Kier alpha value is -4.10. The number of hydrogen-bond acceptors (Lipinski definition) is 6. The fourth-order valence-corrected chi connectivity index (χ4v) is 6.03.